The molecule has 0 amide bonds. The zero-order valence-corrected chi connectivity index (χ0v) is 10.4. The van der Waals surface area contributed by atoms with E-state index in [1.165, 1.54) is 19.4 Å². The SMILES string of the molecule is O=C(C#Cc1ccccc1)C1CC2CCCN2C1. The summed E-state index contributed by atoms with van der Waals surface area (Å²) in [7, 11) is 0. The van der Waals surface area contributed by atoms with Gasteiger partial charge in [-0.15, -0.1) is 0 Å². The maximum atomic E-state index is 12.0. The van der Waals surface area contributed by atoms with Crippen LogP contribution in [0.1, 0.15) is 24.8 Å². The maximum absolute atomic E-state index is 12.0. The van der Waals surface area contributed by atoms with Crippen molar-refractivity contribution in [3.8, 4) is 11.8 Å². The number of hydrogen-bond acceptors (Lipinski definition) is 2. The Morgan fingerprint density at radius 1 is 1.28 bits per heavy atom. The van der Waals surface area contributed by atoms with E-state index in [4.69, 9.17) is 0 Å². The van der Waals surface area contributed by atoms with E-state index < -0.39 is 0 Å². The van der Waals surface area contributed by atoms with Crippen LogP contribution in [0.3, 0.4) is 0 Å². The van der Waals surface area contributed by atoms with E-state index in [1.54, 1.807) is 0 Å². The summed E-state index contributed by atoms with van der Waals surface area (Å²) in [5.74, 6) is 6.05. The average molecular weight is 239 g/mol. The molecule has 3 rings (SSSR count). The molecule has 2 unspecified atom stereocenters. The standard InChI is InChI=1S/C16H17NO/c18-16(9-8-13-5-2-1-3-6-13)14-11-15-7-4-10-17(15)12-14/h1-3,5-6,14-15H,4,7,10-12H2. The first kappa shape index (κ1) is 11.5. The van der Waals surface area contributed by atoms with Gasteiger partial charge in [0, 0.05) is 24.1 Å². The van der Waals surface area contributed by atoms with Gasteiger partial charge in [-0.1, -0.05) is 24.1 Å². The fraction of sp³-hybridized carbons (Fsp3) is 0.438. The number of nitrogens with zero attached hydrogens (tertiary/aromatic N) is 1. The Bertz CT molecular complexity index is 485. The molecule has 2 nitrogen and oxygen atoms in total. The van der Waals surface area contributed by atoms with E-state index in [9.17, 15) is 4.79 Å². The highest BCUT2D eigenvalue weighted by Gasteiger charge is 2.37. The third kappa shape index (κ3) is 2.32. The number of fused-ring (bicyclic) bond motifs is 1. The Morgan fingerprint density at radius 3 is 2.89 bits per heavy atom. The first-order valence-electron chi connectivity index (χ1n) is 6.68. The molecular weight excluding hydrogens is 222 g/mol. The smallest absolute Gasteiger partial charge is 0.210 e. The van der Waals surface area contributed by atoms with Crippen molar-refractivity contribution in [2.45, 2.75) is 25.3 Å². The Labute approximate surface area is 108 Å². The largest absolute Gasteiger partial charge is 0.300 e. The van der Waals surface area contributed by atoms with Gasteiger partial charge in [-0.25, -0.2) is 0 Å². The average Bonchev–Trinajstić information content (AvgIpc) is 2.98. The summed E-state index contributed by atoms with van der Waals surface area (Å²) in [6.45, 7) is 2.09. The normalized spacial score (nSPS) is 26.4. The number of benzene rings is 1. The predicted molar refractivity (Wildman–Crippen MR) is 71.0 cm³/mol. The van der Waals surface area contributed by atoms with Gasteiger partial charge < -0.3 is 0 Å². The second-order valence-corrected chi connectivity index (χ2v) is 5.20. The lowest BCUT2D eigenvalue weighted by molar-refractivity contribution is -0.117. The van der Waals surface area contributed by atoms with Crippen molar-refractivity contribution < 1.29 is 4.79 Å². The van der Waals surface area contributed by atoms with Gasteiger partial charge in [-0.2, -0.15) is 0 Å². The molecule has 0 bridgehead atoms. The zero-order chi connectivity index (χ0) is 12.4. The van der Waals surface area contributed by atoms with Crippen LogP contribution in [0.25, 0.3) is 0 Å². The monoisotopic (exact) mass is 239 g/mol. The summed E-state index contributed by atoms with van der Waals surface area (Å²) in [4.78, 5) is 14.5. The summed E-state index contributed by atoms with van der Waals surface area (Å²) < 4.78 is 0. The number of carbonyl (C=O) groups excluding carboxylic acids is 1. The first-order valence-corrected chi connectivity index (χ1v) is 6.68. The summed E-state index contributed by atoms with van der Waals surface area (Å²) in [5.41, 5.74) is 0.921. The lowest BCUT2D eigenvalue weighted by Crippen LogP contribution is -2.23. The van der Waals surface area contributed by atoms with Crippen LogP contribution in [0.5, 0.6) is 0 Å². The molecule has 1 aromatic carbocycles. The van der Waals surface area contributed by atoms with Crippen LogP contribution in [-0.4, -0.2) is 29.8 Å². The molecule has 0 radical (unpaired) electrons. The topological polar surface area (TPSA) is 20.3 Å². The van der Waals surface area contributed by atoms with E-state index in [0.29, 0.717) is 6.04 Å². The van der Waals surface area contributed by atoms with Crippen LogP contribution in [0, 0.1) is 17.8 Å². The quantitative estimate of drug-likeness (QED) is 0.699. The van der Waals surface area contributed by atoms with E-state index in [-0.39, 0.29) is 11.7 Å². The highest BCUT2D eigenvalue weighted by atomic mass is 16.1. The molecule has 0 aromatic heterocycles. The Hall–Kier alpha value is -1.59. The molecule has 0 saturated carbocycles. The van der Waals surface area contributed by atoms with E-state index >= 15 is 0 Å². The van der Waals surface area contributed by atoms with Gasteiger partial charge in [0.2, 0.25) is 5.78 Å². The molecule has 2 atom stereocenters. The highest BCUT2D eigenvalue weighted by molar-refractivity contribution is 5.98. The zero-order valence-electron chi connectivity index (χ0n) is 10.4. The molecule has 0 N–H and O–H groups in total. The molecule has 2 heteroatoms. The Morgan fingerprint density at radius 2 is 2.11 bits per heavy atom. The third-order valence-corrected chi connectivity index (χ3v) is 3.99. The molecule has 2 aliphatic rings. The van der Waals surface area contributed by atoms with Crippen molar-refractivity contribution in [3.63, 3.8) is 0 Å². The van der Waals surface area contributed by atoms with Crippen LogP contribution in [0.2, 0.25) is 0 Å². The second kappa shape index (κ2) is 4.96. The fourth-order valence-electron chi connectivity index (χ4n) is 3.04. The molecule has 2 saturated heterocycles. The van der Waals surface area contributed by atoms with Crippen LogP contribution < -0.4 is 0 Å². The van der Waals surface area contributed by atoms with Gasteiger partial charge in [-0.3, -0.25) is 9.69 Å². The number of Topliss-reactive ketones (excluding diaryl/α,β-unsaturated/α-hetero) is 1. The molecule has 0 aliphatic carbocycles. The van der Waals surface area contributed by atoms with Gasteiger partial charge in [0.1, 0.15) is 0 Å². The molecule has 0 spiro atoms. The lowest BCUT2D eigenvalue weighted by Gasteiger charge is -2.12. The molecule has 92 valence electrons. The van der Waals surface area contributed by atoms with Crippen LogP contribution in [0.4, 0.5) is 0 Å². The molecule has 2 aliphatic heterocycles. The van der Waals surface area contributed by atoms with Gasteiger partial charge in [0.25, 0.3) is 0 Å². The second-order valence-electron chi connectivity index (χ2n) is 5.20. The number of hydrogen-bond donors (Lipinski definition) is 0. The van der Waals surface area contributed by atoms with E-state index in [0.717, 1.165) is 18.5 Å². The third-order valence-electron chi connectivity index (χ3n) is 3.99. The Balaban J connectivity index is 1.65. The van der Waals surface area contributed by atoms with Gasteiger partial charge in [0.05, 0.1) is 0 Å². The minimum absolute atomic E-state index is 0.119. The number of carbonyl (C=O) groups is 1. The first-order chi connectivity index (χ1) is 8.83. The highest BCUT2D eigenvalue weighted by Crippen LogP contribution is 2.31. The van der Waals surface area contributed by atoms with Crippen molar-refractivity contribution >= 4 is 5.78 Å². The van der Waals surface area contributed by atoms with E-state index in [2.05, 4.69) is 16.7 Å². The van der Waals surface area contributed by atoms with Crippen molar-refractivity contribution in [1.29, 1.82) is 0 Å². The molecule has 18 heavy (non-hydrogen) atoms. The number of rotatable bonds is 1. The van der Waals surface area contributed by atoms with E-state index in [1.807, 2.05) is 30.3 Å². The van der Waals surface area contributed by atoms with Gasteiger partial charge >= 0.3 is 0 Å². The molecule has 1 aromatic rings. The minimum Gasteiger partial charge on any atom is -0.300 e. The predicted octanol–water partition coefficient (Wildman–Crippen LogP) is 2.09. The number of ketones is 1. The van der Waals surface area contributed by atoms with Gasteiger partial charge in [-0.05, 0) is 43.9 Å². The fourth-order valence-corrected chi connectivity index (χ4v) is 3.04. The summed E-state index contributed by atoms with van der Waals surface area (Å²) in [6, 6.07) is 10.4. The maximum Gasteiger partial charge on any atom is 0.210 e. The molecule has 2 fully saturated rings. The summed E-state index contributed by atoms with van der Waals surface area (Å²) in [5, 5.41) is 0. The van der Waals surface area contributed by atoms with Crippen molar-refractivity contribution in [1.82, 2.24) is 4.90 Å². The summed E-state index contributed by atoms with van der Waals surface area (Å²) >= 11 is 0. The molecule has 2 heterocycles. The Kier molecular flexibility index (Phi) is 3.17. The summed E-state index contributed by atoms with van der Waals surface area (Å²) in [6.07, 6.45) is 3.57. The van der Waals surface area contributed by atoms with Crippen molar-refractivity contribution in [2.24, 2.45) is 5.92 Å². The van der Waals surface area contributed by atoms with Crippen LogP contribution in [0.15, 0.2) is 30.3 Å². The van der Waals surface area contributed by atoms with Crippen molar-refractivity contribution in [3.05, 3.63) is 35.9 Å². The van der Waals surface area contributed by atoms with Gasteiger partial charge in [0.15, 0.2) is 0 Å². The minimum atomic E-state index is 0.119. The van der Waals surface area contributed by atoms with Crippen LogP contribution >= 0.6 is 0 Å². The lowest BCUT2D eigenvalue weighted by atomic mass is 9.99. The van der Waals surface area contributed by atoms with Crippen molar-refractivity contribution in [2.75, 3.05) is 13.1 Å². The van der Waals surface area contributed by atoms with Crippen LogP contribution in [-0.2, 0) is 4.79 Å². The molecular formula is C16H17NO.